The fourth-order valence-electron chi connectivity index (χ4n) is 3.72. The summed E-state index contributed by atoms with van der Waals surface area (Å²) in [5.74, 6) is -1.71. The molecule has 5 nitrogen and oxygen atoms in total. The third-order valence-corrected chi connectivity index (χ3v) is 5.58. The number of benzene rings is 1. The zero-order valence-electron chi connectivity index (χ0n) is 15.0. The van der Waals surface area contributed by atoms with Gasteiger partial charge < -0.3 is 4.90 Å². The van der Waals surface area contributed by atoms with Gasteiger partial charge >= 0.3 is 6.18 Å². The lowest BCUT2D eigenvalue weighted by molar-refractivity contribution is -0.138. The average molecular weight is 471 g/mol. The molecule has 0 spiro atoms. The van der Waals surface area contributed by atoms with Crippen LogP contribution in [0.5, 0.6) is 0 Å². The summed E-state index contributed by atoms with van der Waals surface area (Å²) < 4.78 is 56.5. The SMILES string of the molecule is O=C(c1nnc2ccc(Br)cn12)N1CCC(c2c(F)cccc2C(F)(F)F)CC1. The summed E-state index contributed by atoms with van der Waals surface area (Å²) in [4.78, 5) is 14.4. The number of hydrogen-bond acceptors (Lipinski definition) is 3. The lowest BCUT2D eigenvalue weighted by Gasteiger charge is -2.33. The van der Waals surface area contributed by atoms with E-state index in [0.29, 0.717) is 5.65 Å². The Labute approximate surface area is 171 Å². The number of amides is 1. The highest BCUT2D eigenvalue weighted by atomic mass is 79.9. The van der Waals surface area contributed by atoms with E-state index in [9.17, 15) is 22.4 Å². The number of piperidine rings is 1. The third-order valence-electron chi connectivity index (χ3n) is 5.11. The smallest absolute Gasteiger partial charge is 0.336 e. The molecule has 29 heavy (non-hydrogen) atoms. The first-order valence-electron chi connectivity index (χ1n) is 8.91. The molecule has 2 aromatic heterocycles. The second kappa shape index (κ2) is 7.40. The number of rotatable bonds is 2. The van der Waals surface area contributed by atoms with E-state index in [0.717, 1.165) is 22.7 Å². The van der Waals surface area contributed by atoms with Crippen molar-refractivity contribution in [3.63, 3.8) is 0 Å². The zero-order chi connectivity index (χ0) is 20.8. The minimum atomic E-state index is -4.63. The van der Waals surface area contributed by atoms with Gasteiger partial charge in [0.25, 0.3) is 5.91 Å². The van der Waals surface area contributed by atoms with Crippen LogP contribution >= 0.6 is 15.9 Å². The lowest BCUT2D eigenvalue weighted by Crippen LogP contribution is -2.39. The predicted octanol–water partition coefficient (Wildman–Crippen LogP) is 4.67. The number of alkyl halides is 3. The van der Waals surface area contributed by atoms with E-state index >= 15 is 0 Å². The van der Waals surface area contributed by atoms with Gasteiger partial charge in [0.2, 0.25) is 5.82 Å². The van der Waals surface area contributed by atoms with Gasteiger partial charge in [-0.05, 0) is 59.0 Å². The predicted molar refractivity (Wildman–Crippen MR) is 100.0 cm³/mol. The third kappa shape index (κ3) is 3.73. The number of pyridine rings is 1. The van der Waals surface area contributed by atoms with E-state index in [2.05, 4.69) is 26.1 Å². The lowest BCUT2D eigenvalue weighted by atomic mass is 9.85. The van der Waals surface area contributed by atoms with Crippen molar-refractivity contribution < 1.29 is 22.4 Å². The van der Waals surface area contributed by atoms with E-state index < -0.39 is 23.5 Å². The standard InChI is InChI=1S/C19H15BrF4N4O/c20-12-4-5-15-25-26-17(28(15)10-12)18(29)27-8-6-11(7-9-27)16-13(19(22,23)24)2-1-3-14(16)21/h1-5,10-11H,6-9H2. The molecule has 1 saturated heterocycles. The highest BCUT2D eigenvalue weighted by Gasteiger charge is 2.38. The number of fused-ring (bicyclic) bond motifs is 1. The summed E-state index contributed by atoms with van der Waals surface area (Å²) >= 11 is 3.33. The van der Waals surface area contributed by atoms with Crippen LogP contribution in [-0.2, 0) is 6.18 Å². The van der Waals surface area contributed by atoms with Crippen molar-refractivity contribution in [3.05, 3.63) is 63.8 Å². The Morgan fingerprint density at radius 3 is 2.52 bits per heavy atom. The Bertz CT molecular complexity index is 1070. The van der Waals surface area contributed by atoms with Crippen LogP contribution in [0.1, 0.15) is 40.5 Å². The molecule has 1 amide bonds. The summed E-state index contributed by atoms with van der Waals surface area (Å²) in [5, 5.41) is 7.90. The highest BCUT2D eigenvalue weighted by molar-refractivity contribution is 9.10. The van der Waals surface area contributed by atoms with Crippen molar-refractivity contribution in [2.45, 2.75) is 24.9 Å². The Balaban J connectivity index is 1.55. The Kier molecular flexibility index (Phi) is 5.05. The topological polar surface area (TPSA) is 50.5 Å². The molecule has 10 heteroatoms. The van der Waals surface area contributed by atoms with Crippen molar-refractivity contribution in [3.8, 4) is 0 Å². The maximum absolute atomic E-state index is 14.2. The van der Waals surface area contributed by atoms with Crippen molar-refractivity contribution in [2.24, 2.45) is 0 Å². The van der Waals surface area contributed by atoms with Gasteiger partial charge in [0, 0.05) is 29.3 Å². The number of carbonyl (C=O) groups excluding carboxylic acids is 1. The Morgan fingerprint density at radius 1 is 1.10 bits per heavy atom. The molecule has 3 aromatic rings. The van der Waals surface area contributed by atoms with E-state index in [1.54, 1.807) is 22.7 Å². The van der Waals surface area contributed by atoms with Crippen LogP contribution < -0.4 is 0 Å². The van der Waals surface area contributed by atoms with Gasteiger partial charge in [0.1, 0.15) is 5.82 Å². The second-order valence-corrected chi connectivity index (χ2v) is 7.78. The molecule has 152 valence electrons. The number of halogens is 5. The molecule has 1 fully saturated rings. The monoisotopic (exact) mass is 470 g/mol. The van der Waals surface area contributed by atoms with Crippen molar-refractivity contribution >= 4 is 27.5 Å². The average Bonchev–Trinajstić information content (AvgIpc) is 3.09. The molecule has 0 N–H and O–H groups in total. The van der Waals surface area contributed by atoms with Crippen molar-refractivity contribution in [1.29, 1.82) is 0 Å². The van der Waals surface area contributed by atoms with Gasteiger partial charge in [-0.15, -0.1) is 10.2 Å². The summed E-state index contributed by atoms with van der Waals surface area (Å²) in [6, 6.07) is 6.49. The van der Waals surface area contributed by atoms with Gasteiger partial charge in [0.15, 0.2) is 5.65 Å². The Morgan fingerprint density at radius 2 is 1.83 bits per heavy atom. The van der Waals surface area contributed by atoms with Crippen LogP contribution in [0, 0.1) is 5.82 Å². The van der Waals surface area contributed by atoms with Crippen LogP contribution in [0.4, 0.5) is 17.6 Å². The fourth-order valence-corrected chi connectivity index (χ4v) is 4.06. The Hall–Kier alpha value is -2.49. The molecule has 4 rings (SSSR count). The maximum Gasteiger partial charge on any atom is 0.416 e. The summed E-state index contributed by atoms with van der Waals surface area (Å²) in [6.45, 7) is 0.413. The molecule has 0 atom stereocenters. The molecule has 1 aliphatic heterocycles. The van der Waals surface area contributed by atoms with E-state index in [1.165, 1.54) is 4.90 Å². The minimum absolute atomic E-state index is 0.127. The maximum atomic E-state index is 14.2. The van der Waals surface area contributed by atoms with Crippen LogP contribution in [-0.4, -0.2) is 38.5 Å². The first kappa shape index (κ1) is 19.8. The van der Waals surface area contributed by atoms with Gasteiger partial charge in [-0.3, -0.25) is 9.20 Å². The molecule has 0 unspecified atom stereocenters. The van der Waals surface area contributed by atoms with Crippen LogP contribution in [0.15, 0.2) is 41.0 Å². The molecule has 0 bridgehead atoms. The van der Waals surface area contributed by atoms with Gasteiger partial charge in [-0.2, -0.15) is 13.2 Å². The minimum Gasteiger partial charge on any atom is -0.336 e. The van der Waals surface area contributed by atoms with E-state index in [4.69, 9.17) is 0 Å². The number of hydrogen-bond donors (Lipinski definition) is 0. The number of likely N-dealkylation sites (tertiary alicyclic amines) is 1. The molecular weight excluding hydrogens is 456 g/mol. The fraction of sp³-hybridized carbons (Fsp3) is 0.316. The molecular formula is C19H15BrF4N4O. The normalized spacial score (nSPS) is 15.8. The van der Waals surface area contributed by atoms with Crippen molar-refractivity contribution in [1.82, 2.24) is 19.5 Å². The van der Waals surface area contributed by atoms with Gasteiger partial charge in [0.05, 0.1) is 5.56 Å². The molecule has 3 heterocycles. The summed E-state index contributed by atoms with van der Waals surface area (Å²) in [7, 11) is 0. The van der Waals surface area contributed by atoms with E-state index in [-0.39, 0.29) is 43.2 Å². The summed E-state index contributed by atoms with van der Waals surface area (Å²) in [6.07, 6.45) is -2.49. The largest absolute Gasteiger partial charge is 0.416 e. The van der Waals surface area contributed by atoms with Crippen molar-refractivity contribution in [2.75, 3.05) is 13.1 Å². The quantitative estimate of drug-likeness (QED) is 0.511. The first-order valence-corrected chi connectivity index (χ1v) is 9.70. The highest BCUT2D eigenvalue weighted by Crippen LogP contribution is 2.40. The van der Waals surface area contributed by atoms with Crippen LogP contribution in [0.2, 0.25) is 0 Å². The molecule has 0 radical (unpaired) electrons. The number of aromatic nitrogens is 3. The van der Waals surface area contributed by atoms with Crippen LogP contribution in [0.3, 0.4) is 0 Å². The first-order chi connectivity index (χ1) is 13.8. The van der Waals surface area contributed by atoms with Crippen LogP contribution in [0.25, 0.3) is 5.65 Å². The van der Waals surface area contributed by atoms with Gasteiger partial charge in [-0.25, -0.2) is 4.39 Å². The number of carbonyl (C=O) groups is 1. The zero-order valence-corrected chi connectivity index (χ0v) is 16.5. The van der Waals surface area contributed by atoms with Gasteiger partial charge in [-0.1, -0.05) is 6.07 Å². The molecule has 1 aliphatic rings. The molecule has 0 saturated carbocycles. The summed E-state index contributed by atoms with van der Waals surface area (Å²) in [5.41, 5.74) is -0.757. The second-order valence-electron chi connectivity index (χ2n) is 6.86. The molecule has 1 aromatic carbocycles. The molecule has 0 aliphatic carbocycles. The van der Waals surface area contributed by atoms with E-state index in [1.807, 2.05) is 0 Å². The number of nitrogens with zero attached hydrogens (tertiary/aromatic N) is 4.